The Bertz CT molecular complexity index is 893. The first-order valence-electron chi connectivity index (χ1n) is 9.62. The number of hydrogen-bond donors (Lipinski definition) is 1. The van der Waals surface area contributed by atoms with Gasteiger partial charge in [0.25, 0.3) is 0 Å². The molecule has 1 aliphatic heterocycles. The van der Waals surface area contributed by atoms with Crippen LogP contribution in [0, 0.1) is 35.5 Å². The summed E-state index contributed by atoms with van der Waals surface area (Å²) in [5.41, 5.74) is 0.409. The van der Waals surface area contributed by atoms with Crippen molar-refractivity contribution in [2.75, 3.05) is 12.4 Å². The summed E-state index contributed by atoms with van der Waals surface area (Å²) < 4.78 is 5.25. The van der Waals surface area contributed by atoms with Gasteiger partial charge < -0.3 is 10.1 Å². The standard InChI is InChI=1S/C21H21ClN2O4/c1-9(19(25)23-15-7-10(22)3-6-16(15)28-2)24-20(26)17-11-4-5-12(14-8-13(11)14)18(17)21(24)27/h3-7,9,11-14,17-18H,8H2,1-2H3,(H,23,25)/t9-,11-,12+,13+,14-,17-,18+/m0/s1. The number of benzene rings is 1. The Morgan fingerprint density at radius 1 is 1.18 bits per heavy atom. The first-order chi connectivity index (χ1) is 13.4. The molecule has 5 aliphatic rings. The number of nitrogens with one attached hydrogen (secondary N) is 1. The number of hydrogen-bond acceptors (Lipinski definition) is 4. The third-order valence-corrected chi connectivity index (χ3v) is 7.12. The number of methoxy groups -OCH3 is 1. The lowest BCUT2D eigenvalue weighted by molar-refractivity contribution is -0.146. The number of halogens is 1. The summed E-state index contributed by atoms with van der Waals surface area (Å²) in [4.78, 5) is 40.3. The highest BCUT2D eigenvalue weighted by atomic mass is 35.5. The number of rotatable bonds is 4. The lowest BCUT2D eigenvalue weighted by atomic mass is 9.63. The SMILES string of the molecule is COc1ccc(Cl)cc1NC(=O)[C@H](C)N1C(=O)[C@@H]2[C@@H]3C=C[C@@H]([C@H]4C[C@@H]34)[C@@H]2C1=O. The summed E-state index contributed by atoms with van der Waals surface area (Å²) in [6.45, 7) is 1.59. The number of amides is 3. The van der Waals surface area contributed by atoms with Gasteiger partial charge in [0.15, 0.2) is 0 Å². The Balaban J connectivity index is 1.38. The van der Waals surface area contributed by atoms with Crippen LogP contribution >= 0.6 is 11.6 Å². The molecule has 1 aromatic rings. The smallest absolute Gasteiger partial charge is 0.247 e. The highest BCUT2D eigenvalue weighted by Crippen LogP contribution is 2.65. The molecule has 6 nitrogen and oxygen atoms in total. The molecule has 6 rings (SSSR count). The van der Waals surface area contributed by atoms with Gasteiger partial charge in [-0.2, -0.15) is 0 Å². The Morgan fingerprint density at radius 3 is 2.36 bits per heavy atom. The van der Waals surface area contributed by atoms with Gasteiger partial charge in [0.2, 0.25) is 17.7 Å². The second-order valence-electron chi connectivity index (χ2n) is 8.21. The van der Waals surface area contributed by atoms with Crippen LogP contribution in [0.25, 0.3) is 0 Å². The van der Waals surface area contributed by atoms with Gasteiger partial charge in [-0.1, -0.05) is 23.8 Å². The Hall–Kier alpha value is -2.34. The van der Waals surface area contributed by atoms with Crippen LogP contribution in [0.15, 0.2) is 30.4 Å². The number of carbonyl (C=O) groups is 3. The van der Waals surface area contributed by atoms with Gasteiger partial charge in [-0.3, -0.25) is 19.3 Å². The zero-order chi connectivity index (χ0) is 19.7. The average Bonchev–Trinajstić information content (AvgIpc) is 3.45. The fraction of sp³-hybridized carbons (Fsp3) is 0.476. The van der Waals surface area contributed by atoms with Crippen molar-refractivity contribution in [1.82, 2.24) is 4.90 Å². The number of imide groups is 1. The first-order valence-corrected chi connectivity index (χ1v) is 10.00. The number of ether oxygens (including phenoxy) is 1. The van der Waals surface area contributed by atoms with Crippen molar-refractivity contribution in [3.8, 4) is 5.75 Å². The minimum Gasteiger partial charge on any atom is -0.495 e. The number of nitrogens with zero attached hydrogens (tertiary/aromatic N) is 1. The van der Waals surface area contributed by atoms with E-state index in [4.69, 9.17) is 16.3 Å². The summed E-state index contributed by atoms with van der Waals surface area (Å²) in [5.74, 6) is 0.353. The van der Waals surface area contributed by atoms with E-state index in [0.29, 0.717) is 28.3 Å². The second kappa shape index (κ2) is 6.08. The zero-order valence-electron chi connectivity index (χ0n) is 15.6. The molecule has 2 saturated carbocycles. The average molecular weight is 401 g/mol. The summed E-state index contributed by atoms with van der Waals surface area (Å²) in [6.07, 6.45) is 5.35. The Labute approximate surface area is 167 Å². The van der Waals surface area contributed by atoms with E-state index in [1.165, 1.54) is 12.0 Å². The third kappa shape index (κ3) is 2.37. The van der Waals surface area contributed by atoms with E-state index in [9.17, 15) is 14.4 Å². The second-order valence-corrected chi connectivity index (χ2v) is 8.65. The lowest BCUT2D eigenvalue weighted by Crippen LogP contribution is -2.46. The molecule has 1 heterocycles. The lowest BCUT2D eigenvalue weighted by Gasteiger charge is -2.37. The van der Waals surface area contributed by atoms with Crippen molar-refractivity contribution in [3.05, 3.63) is 35.4 Å². The minimum atomic E-state index is -0.898. The van der Waals surface area contributed by atoms with Crippen molar-refractivity contribution in [2.24, 2.45) is 35.5 Å². The summed E-state index contributed by atoms with van der Waals surface area (Å²) in [7, 11) is 1.49. The molecular formula is C21H21ClN2O4. The Kier molecular flexibility index (Phi) is 3.85. The van der Waals surface area contributed by atoms with Crippen LogP contribution in [-0.2, 0) is 14.4 Å². The van der Waals surface area contributed by atoms with E-state index in [1.807, 2.05) is 0 Å². The molecule has 0 radical (unpaired) electrons. The molecule has 7 heteroatoms. The van der Waals surface area contributed by atoms with Gasteiger partial charge in [-0.05, 0) is 55.2 Å². The van der Waals surface area contributed by atoms with E-state index in [0.717, 1.165) is 6.42 Å². The molecule has 146 valence electrons. The van der Waals surface area contributed by atoms with Gasteiger partial charge in [0.05, 0.1) is 24.6 Å². The molecule has 2 bridgehead atoms. The molecule has 0 unspecified atom stereocenters. The van der Waals surface area contributed by atoms with Crippen molar-refractivity contribution in [1.29, 1.82) is 0 Å². The predicted molar refractivity (Wildman–Crippen MR) is 103 cm³/mol. The molecule has 1 aromatic carbocycles. The Morgan fingerprint density at radius 2 is 1.79 bits per heavy atom. The maximum atomic E-state index is 13.1. The van der Waals surface area contributed by atoms with Crippen LogP contribution in [0.4, 0.5) is 5.69 Å². The van der Waals surface area contributed by atoms with Crippen LogP contribution in [0.1, 0.15) is 13.3 Å². The van der Waals surface area contributed by atoms with Crippen LogP contribution in [0.5, 0.6) is 5.75 Å². The molecule has 4 aliphatic carbocycles. The fourth-order valence-corrected chi connectivity index (χ4v) is 5.67. The molecule has 7 atom stereocenters. The van der Waals surface area contributed by atoms with Gasteiger partial charge >= 0.3 is 0 Å². The molecular weight excluding hydrogens is 380 g/mol. The summed E-state index contributed by atoms with van der Waals surface area (Å²) >= 11 is 6.02. The van der Waals surface area contributed by atoms with Crippen molar-refractivity contribution < 1.29 is 19.1 Å². The van der Waals surface area contributed by atoms with E-state index in [-0.39, 0.29) is 35.5 Å². The van der Waals surface area contributed by atoms with E-state index in [1.54, 1.807) is 25.1 Å². The molecule has 1 saturated heterocycles. The van der Waals surface area contributed by atoms with Crippen LogP contribution in [0.2, 0.25) is 5.02 Å². The van der Waals surface area contributed by atoms with Gasteiger partial charge in [0, 0.05) is 5.02 Å². The summed E-state index contributed by atoms with van der Waals surface area (Å²) in [6, 6.07) is 3.99. The quantitative estimate of drug-likeness (QED) is 0.622. The van der Waals surface area contributed by atoms with Crippen LogP contribution < -0.4 is 10.1 Å². The minimum absolute atomic E-state index is 0.143. The van der Waals surface area contributed by atoms with Gasteiger partial charge in [-0.25, -0.2) is 0 Å². The fourth-order valence-electron chi connectivity index (χ4n) is 5.49. The molecule has 3 fully saturated rings. The van der Waals surface area contributed by atoms with Crippen LogP contribution in [0.3, 0.4) is 0 Å². The van der Waals surface area contributed by atoms with Crippen molar-refractivity contribution in [2.45, 2.75) is 19.4 Å². The summed E-state index contributed by atoms with van der Waals surface area (Å²) in [5, 5.41) is 3.20. The maximum absolute atomic E-state index is 13.1. The molecule has 0 spiro atoms. The maximum Gasteiger partial charge on any atom is 0.247 e. The predicted octanol–water partition coefficient (Wildman–Crippen LogP) is 2.73. The first kappa shape index (κ1) is 17.7. The monoisotopic (exact) mass is 400 g/mol. The third-order valence-electron chi connectivity index (χ3n) is 6.88. The largest absolute Gasteiger partial charge is 0.495 e. The van der Waals surface area contributed by atoms with Gasteiger partial charge in [-0.15, -0.1) is 0 Å². The molecule has 1 N–H and O–H groups in total. The number of anilines is 1. The van der Waals surface area contributed by atoms with Crippen molar-refractivity contribution in [3.63, 3.8) is 0 Å². The number of allylic oxidation sites excluding steroid dienone is 2. The molecule has 3 amide bonds. The normalized spacial score (nSPS) is 35.5. The highest BCUT2D eigenvalue weighted by Gasteiger charge is 2.67. The van der Waals surface area contributed by atoms with Gasteiger partial charge in [0.1, 0.15) is 11.8 Å². The van der Waals surface area contributed by atoms with Crippen molar-refractivity contribution >= 4 is 35.0 Å². The van der Waals surface area contributed by atoms with E-state index < -0.39 is 11.9 Å². The van der Waals surface area contributed by atoms with E-state index in [2.05, 4.69) is 17.5 Å². The highest BCUT2D eigenvalue weighted by molar-refractivity contribution is 6.31. The number of likely N-dealkylation sites (tertiary alicyclic amines) is 1. The molecule has 28 heavy (non-hydrogen) atoms. The number of carbonyl (C=O) groups excluding carboxylic acids is 3. The zero-order valence-corrected chi connectivity index (χ0v) is 16.3. The van der Waals surface area contributed by atoms with E-state index >= 15 is 0 Å². The van der Waals surface area contributed by atoms with Crippen LogP contribution in [-0.4, -0.2) is 35.8 Å². The molecule has 0 aromatic heterocycles. The topological polar surface area (TPSA) is 75.7 Å².